The highest BCUT2D eigenvalue weighted by Gasteiger charge is 2.36. The molecule has 4 aromatic carbocycles. The van der Waals surface area contributed by atoms with Crippen LogP contribution in [0, 0.1) is 11.6 Å². The van der Waals surface area contributed by atoms with E-state index in [0.29, 0.717) is 61.9 Å². The van der Waals surface area contributed by atoms with Gasteiger partial charge in [0.2, 0.25) is 0 Å². The molecule has 0 radical (unpaired) electrons. The molecule has 4 aromatic rings. The smallest absolute Gasteiger partial charge is 0.336 e. The maximum absolute atomic E-state index is 14.8. The molecule has 0 unspecified atom stereocenters. The zero-order valence-electron chi connectivity index (χ0n) is 32.8. The SMILES string of the molecule is C=CC(=O)OCCCCOc1ccc(C=CC(=O)Oc2ccc3c(c2)C(C)(C)c2cc(OC(=O)C=Cc4ccc(OCCCCOC(=O)C=C)cc4F)ccc2-3)c(F)c1. The van der Waals surface area contributed by atoms with Crippen molar-refractivity contribution in [3.05, 3.63) is 144 Å². The van der Waals surface area contributed by atoms with Crippen LogP contribution in [-0.2, 0) is 34.1 Å². The quantitative estimate of drug-likeness (QED) is 0.0370. The second-order valence-electron chi connectivity index (χ2n) is 13.8. The summed E-state index contributed by atoms with van der Waals surface area (Å²) in [6, 6.07) is 19.2. The van der Waals surface area contributed by atoms with Gasteiger partial charge in [-0.3, -0.25) is 0 Å². The van der Waals surface area contributed by atoms with Crippen molar-refractivity contribution in [3.63, 3.8) is 0 Å². The molecule has 1 aliphatic rings. The Morgan fingerprint density at radius 1 is 0.542 bits per heavy atom. The van der Waals surface area contributed by atoms with E-state index in [1.54, 1.807) is 36.4 Å². The molecule has 0 aliphatic heterocycles. The molecule has 0 bridgehead atoms. The van der Waals surface area contributed by atoms with Gasteiger partial charge in [-0.15, -0.1) is 0 Å². The largest absolute Gasteiger partial charge is 0.493 e. The Labute approximate surface area is 341 Å². The number of halogens is 2. The van der Waals surface area contributed by atoms with Gasteiger partial charge >= 0.3 is 23.9 Å². The maximum Gasteiger partial charge on any atom is 0.336 e. The van der Waals surface area contributed by atoms with Crippen LogP contribution in [-0.4, -0.2) is 50.3 Å². The zero-order chi connectivity index (χ0) is 42.4. The predicted octanol–water partition coefficient (Wildman–Crippen LogP) is 9.29. The predicted molar refractivity (Wildman–Crippen MR) is 218 cm³/mol. The van der Waals surface area contributed by atoms with Crippen molar-refractivity contribution in [2.75, 3.05) is 26.4 Å². The molecule has 0 amide bonds. The number of rotatable bonds is 20. The number of benzene rings is 4. The van der Waals surface area contributed by atoms with Crippen LogP contribution in [0.15, 0.2) is 110 Å². The Bertz CT molecular complexity index is 2120. The average molecular weight is 807 g/mol. The number of carbonyl (C=O) groups is 4. The van der Waals surface area contributed by atoms with Gasteiger partial charge in [0.15, 0.2) is 0 Å². The van der Waals surface area contributed by atoms with E-state index in [4.69, 9.17) is 28.4 Å². The van der Waals surface area contributed by atoms with Crippen LogP contribution >= 0.6 is 0 Å². The Morgan fingerprint density at radius 2 is 0.932 bits per heavy atom. The number of fused-ring (bicyclic) bond motifs is 3. The van der Waals surface area contributed by atoms with Crippen LogP contribution < -0.4 is 18.9 Å². The van der Waals surface area contributed by atoms with Crippen molar-refractivity contribution in [1.29, 1.82) is 0 Å². The first-order valence-electron chi connectivity index (χ1n) is 18.9. The normalized spacial score (nSPS) is 12.3. The number of hydrogen-bond acceptors (Lipinski definition) is 10. The van der Waals surface area contributed by atoms with Gasteiger partial charge < -0.3 is 28.4 Å². The van der Waals surface area contributed by atoms with Gasteiger partial charge in [0.25, 0.3) is 0 Å². The first kappa shape index (κ1) is 43.3. The lowest BCUT2D eigenvalue weighted by atomic mass is 9.82. The van der Waals surface area contributed by atoms with Crippen LogP contribution in [0.4, 0.5) is 8.78 Å². The molecule has 1 aliphatic carbocycles. The lowest BCUT2D eigenvalue weighted by molar-refractivity contribution is -0.138. The minimum atomic E-state index is -0.695. The standard InChI is InChI=1S/C47H44F2O10/c1-5-43(50)56-25-9-7-23-54-33-15-11-31(41(48)29-33)13-21-45(52)58-35-17-19-37-38-20-18-36(28-40(38)47(3,4)39(37)27-35)59-46(53)22-14-32-12-16-34(30-42(32)49)55-24-8-10-26-57-44(51)6-2/h5-6,11-22,27-30H,1-2,7-10,23-26H2,3-4H3. The first-order valence-corrected chi connectivity index (χ1v) is 18.9. The third kappa shape index (κ3) is 12.1. The maximum atomic E-state index is 14.8. The van der Waals surface area contributed by atoms with Crippen LogP contribution in [0.2, 0.25) is 0 Å². The van der Waals surface area contributed by atoms with E-state index in [-0.39, 0.29) is 24.3 Å². The van der Waals surface area contributed by atoms with E-state index in [1.165, 1.54) is 36.4 Å². The fourth-order valence-corrected chi connectivity index (χ4v) is 6.16. The summed E-state index contributed by atoms with van der Waals surface area (Å²) in [6.45, 7) is 11.8. The van der Waals surface area contributed by atoms with Crippen molar-refractivity contribution in [2.24, 2.45) is 0 Å². The Hall–Kier alpha value is -6.82. The topological polar surface area (TPSA) is 124 Å². The summed E-state index contributed by atoms with van der Waals surface area (Å²) < 4.78 is 61.6. The molecule has 0 heterocycles. The molecule has 5 rings (SSSR count). The molecule has 12 heteroatoms. The fourth-order valence-electron chi connectivity index (χ4n) is 6.16. The Kier molecular flexibility index (Phi) is 15.1. The number of unbranched alkanes of at least 4 members (excludes halogenated alkanes) is 2. The van der Waals surface area contributed by atoms with Crippen LogP contribution in [0.3, 0.4) is 0 Å². The molecule has 306 valence electrons. The van der Waals surface area contributed by atoms with Crippen LogP contribution in [0.5, 0.6) is 23.0 Å². The first-order chi connectivity index (χ1) is 28.4. The van der Waals surface area contributed by atoms with E-state index in [0.717, 1.165) is 46.6 Å². The highest BCUT2D eigenvalue weighted by molar-refractivity contribution is 5.90. The summed E-state index contributed by atoms with van der Waals surface area (Å²) in [6.07, 6.45) is 9.48. The van der Waals surface area contributed by atoms with Gasteiger partial charge in [0.05, 0.1) is 26.4 Å². The van der Waals surface area contributed by atoms with Gasteiger partial charge in [0, 0.05) is 53.0 Å². The lowest BCUT2D eigenvalue weighted by Gasteiger charge is -2.22. The summed E-state index contributed by atoms with van der Waals surface area (Å²) >= 11 is 0. The zero-order valence-corrected chi connectivity index (χ0v) is 32.8. The van der Waals surface area contributed by atoms with E-state index in [2.05, 4.69) is 13.2 Å². The highest BCUT2D eigenvalue weighted by Crippen LogP contribution is 2.50. The van der Waals surface area contributed by atoms with Gasteiger partial charge in [-0.25, -0.2) is 28.0 Å². The Morgan fingerprint density at radius 3 is 1.32 bits per heavy atom. The van der Waals surface area contributed by atoms with Crippen molar-refractivity contribution >= 4 is 36.0 Å². The van der Waals surface area contributed by atoms with Crippen molar-refractivity contribution < 1.29 is 56.4 Å². The molecule has 10 nitrogen and oxygen atoms in total. The molecule has 0 aromatic heterocycles. The second kappa shape index (κ2) is 20.6. The van der Waals surface area contributed by atoms with Crippen molar-refractivity contribution in [2.45, 2.75) is 44.9 Å². The summed E-state index contributed by atoms with van der Waals surface area (Å²) in [5.41, 5.74) is 3.42. The minimum absolute atomic E-state index is 0.172. The van der Waals surface area contributed by atoms with Crippen LogP contribution in [0.25, 0.3) is 23.3 Å². The van der Waals surface area contributed by atoms with E-state index in [1.807, 2.05) is 26.0 Å². The van der Waals surface area contributed by atoms with E-state index < -0.39 is 40.9 Å². The van der Waals surface area contributed by atoms with Crippen LogP contribution in [0.1, 0.15) is 61.8 Å². The van der Waals surface area contributed by atoms with Crippen molar-refractivity contribution in [1.82, 2.24) is 0 Å². The van der Waals surface area contributed by atoms with Gasteiger partial charge in [-0.1, -0.05) is 39.1 Å². The molecule has 0 atom stereocenters. The van der Waals surface area contributed by atoms with Gasteiger partial charge in [-0.2, -0.15) is 0 Å². The average Bonchev–Trinajstić information content (AvgIpc) is 3.44. The lowest BCUT2D eigenvalue weighted by Crippen LogP contribution is -2.16. The summed E-state index contributed by atoms with van der Waals surface area (Å²) in [4.78, 5) is 47.7. The highest BCUT2D eigenvalue weighted by atomic mass is 19.1. The van der Waals surface area contributed by atoms with E-state index in [9.17, 15) is 28.0 Å². The number of ether oxygens (including phenoxy) is 6. The van der Waals surface area contributed by atoms with E-state index >= 15 is 0 Å². The molecule has 0 spiro atoms. The summed E-state index contributed by atoms with van der Waals surface area (Å²) in [5.74, 6) is -2.27. The monoisotopic (exact) mass is 806 g/mol. The number of carbonyl (C=O) groups excluding carboxylic acids is 4. The molecular weight excluding hydrogens is 763 g/mol. The molecule has 0 N–H and O–H groups in total. The molecule has 0 fully saturated rings. The molecule has 59 heavy (non-hydrogen) atoms. The second-order valence-corrected chi connectivity index (χ2v) is 13.8. The number of hydrogen-bond donors (Lipinski definition) is 0. The number of esters is 4. The van der Waals surface area contributed by atoms with Crippen molar-refractivity contribution in [3.8, 4) is 34.1 Å². The molecule has 0 saturated heterocycles. The van der Waals surface area contributed by atoms with Gasteiger partial charge in [-0.05, 0) is 109 Å². The fraction of sp³-hybridized carbons (Fsp3) is 0.234. The minimum Gasteiger partial charge on any atom is -0.493 e. The summed E-state index contributed by atoms with van der Waals surface area (Å²) in [7, 11) is 0. The third-order valence-corrected chi connectivity index (χ3v) is 9.23. The molecular formula is C47H44F2O10. The molecule has 0 saturated carbocycles. The third-order valence-electron chi connectivity index (χ3n) is 9.23. The van der Waals surface area contributed by atoms with Gasteiger partial charge in [0.1, 0.15) is 34.6 Å². The Balaban J connectivity index is 1.12. The summed E-state index contributed by atoms with van der Waals surface area (Å²) in [5, 5.41) is 0.